The van der Waals surface area contributed by atoms with E-state index in [0.29, 0.717) is 30.3 Å². The second kappa shape index (κ2) is 7.07. The van der Waals surface area contributed by atoms with Gasteiger partial charge in [0.15, 0.2) is 0 Å². The van der Waals surface area contributed by atoms with E-state index in [2.05, 4.69) is 27.8 Å². The van der Waals surface area contributed by atoms with Gasteiger partial charge in [-0.15, -0.1) is 5.10 Å². The summed E-state index contributed by atoms with van der Waals surface area (Å²) in [5.74, 6) is 0.0182. The maximum Gasteiger partial charge on any atom is 0.277 e. The Hall–Kier alpha value is -3.02. The SMILES string of the molecule is O=C(CCCn1nnc2ccccc2c1=O)NC1Cc2ccccc2C1. The van der Waals surface area contributed by atoms with Gasteiger partial charge in [0.1, 0.15) is 5.52 Å². The van der Waals surface area contributed by atoms with Crippen molar-refractivity contribution in [3.63, 3.8) is 0 Å². The van der Waals surface area contributed by atoms with E-state index in [4.69, 9.17) is 0 Å². The molecule has 0 unspecified atom stereocenters. The number of nitrogens with zero attached hydrogens (tertiary/aromatic N) is 3. The van der Waals surface area contributed by atoms with E-state index in [1.807, 2.05) is 24.3 Å². The lowest BCUT2D eigenvalue weighted by Crippen LogP contribution is -2.35. The molecule has 6 nitrogen and oxygen atoms in total. The zero-order chi connectivity index (χ0) is 17.9. The minimum atomic E-state index is -0.165. The van der Waals surface area contributed by atoms with Crippen molar-refractivity contribution in [3.05, 3.63) is 70.0 Å². The number of nitrogens with one attached hydrogen (secondary N) is 1. The zero-order valence-electron chi connectivity index (χ0n) is 14.4. The summed E-state index contributed by atoms with van der Waals surface area (Å²) < 4.78 is 1.33. The molecule has 0 saturated carbocycles. The van der Waals surface area contributed by atoms with Crippen LogP contribution in [0.15, 0.2) is 53.3 Å². The van der Waals surface area contributed by atoms with E-state index >= 15 is 0 Å². The molecule has 1 aliphatic carbocycles. The maximum absolute atomic E-state index is 12.4. The molecule has 0 bridgehead atoms. The summed E-state index contributed by atoms with van der Waals surface area (Å²) in [6.07, 6.45) is 2.70. The van der Waals surface area contributed by atoms with Crippen LogP contribution in [0.4, 0.5) is 0 Å². The van der Waals surface area contributed by atoms with Gasteiger partial charge in [0.25, 0.3) is 5.56 Å². The van der Waals surface area contributed by atoms with E-state index in [0.717, 1.165) is 12.8 Å². The molecule has 0 spiro atoms. The van der Waals surface area contributed by atoms with E-state index < -0.39 is 0 Å². The molecule has 1 heterocycles. The molecular formula is C20H20N4O2. The van der Waals surface area contributed by atoms with Gasteiger partial charge in [-0.1, -0.05) is 41.6 Å². The van der Waals surface area contributed by atoms with Crippen molar-refractivity contribution in [2.45, 2.75) is 38.3 Å². The first-order valence-corrected chi connectivity index (χ1v) is 8.89. The molecule has 0 atom stereocenters. The number of aromatic nitrogens is 3. The van der Waals surface area contributed by atoms with Gasteiger partial charge in [-0.05, 0) is 42.5 Å². The standard InChI is InChI=1S/C20H20N4O2/c25-19(21-16-12-14-6-1-2-7-15(14)13-16)10-5-11-24-20(26)17-8-3-4-9-18(17)22-23-24/h1-4,6-9,16H,5,10-13H2,(H,21,25). The Morgan fingerprint density at radius 1 is 1.08 bits per heavy atom. The number of benzene rings is 2. The molecule has 0 saturated heterocycles. The minimum absolute atomic E-state index is 0.0182. The van der Waals surface area contributed by atoms with Gasteiger partial charge in [-0.3, -0.25) is 9.59 Å². The van der Waals surface area contributed by atoms with Crippen LogP contribution in [0.2, 0.25) is 0 Å². The van der Waals surface area contributed by atoms with Crippen molar-refractivity contribution < 1.29 is 4.79 Å². The Morgan fingerprint density at radius 2 is 1.77 bits per heavy atom. The summed E-state index contributed by atoms with van der Waals surface area (Å²) in [5, 5.41) is 11.7. The van der Waals surface area contributed by atoms with Gasteiger partial charge in [0, 0.05) is 19.0 Å². The molecule has 1 aromatic heterocycles. The normalized spacial score (nSPS) is 13.7. The molecule has 6 heteroatoms. The predicted molar refractivity (Wildman–Crippen MR) is 98.8 cm³/mol. The molecule has 0 aliphatic heterocycles. The van der Waals surface area contributed by atoms with Crippen molar-refractivity contribution >= 4 is 16.8 Å². The molecule has 26 heavy (non-hydrogen) atoms. The fourth-order valence-electron chi connectivity index (χ4n) is 3.52. The quantitative estimate of drug-likeness (QED) is 0.763. The van der Waals surface area contributed by atoms with E-state index in [9.17, 15) is 9.59 Å². The fraction of sp³-hybridized carbons (Fsp3) is 0.300. The Balaban J connectivity index is 1.31. The number of hydrogen-bond donors (Lipinski definition) is 1. The van der Waals surface area contributed by atoms with Crippen LogP contribution in [-0.2, 0) is 24.2 Å². The van der Waals surface area contributed by atoms with Crippen LogP contribution >= 0.6 is 0 Å². The number of aryl methyl sites for hydroxylation is 1. The highest BCUT2D eigenvalue weighted by Crippen LogP contribution is 2.21. The second-order valence-electron chi connectivity index (χ2n) is 6.68. The molecule has 0 radical (unpaired) electrons. The van der Waals surface area contributed by atoms with E-state index in [-0.39, 0.29) is 17.5 Å². The number of hydrogen-bond acceptors (Lipinski definition) is 4. The summed E-state index contributed by atoms with van der Waals surface area (Å²) in [7, 11) is 0. The highest BCUT2D eigenvalue weighted by Gasteiger charge is 2.22. The van der Waals surface area contributed by atoms with Gasteiger partial charge < -0.3 is 5.32 Å². The smallest absolute Gasteiger partial charge is 0.277 e. The molecule has 1 aliphatic rings. The van der Waals surface area contributed by atoms with E-state index in [1.54, 1.807) is 12.1 Å². The predicted octanol–water partition coefficient (Wildman–Crippen LogP) is 1.86. The number of carbonyl (C=O) groups is 1. The third kappa shape index (κ3) is 3.35. The third-order valence-electron chi connectivity index (χ3n) is 4.82. The van der Waals surface area contributed by atoms with Gasteiger partial charge in [-0.2, -0.15) is 0 Å². The van der Waals surface area contributed by atoms with Crippen LogP contribution in [0.25, 0.3) is 10.9 Å². The minimum Gasteiger partial charge on any atom is -0.353 e. The Bertz CT molecular complexity index is 987. The Kier molecular flexibility index (Phi) is 4.48. The average Bonchev–Trinajstić information content (AvgIpc) is 3.06. The first-order chi connectivity index (χ1) is 12.7. The fourth-order valence-corrected chi connectivity index (χ4v) is 3.52. The highest BCUT2D eigenvalue weighted by molar-refractivity contribution is 5.77. The van der Waals surface area contributed by atoms with Crippen LogP contribution in [0.3, 0.4) is 0 Å². The molecule has 132 valence electrons. The van der Waals surface area contributed by atoms with Crippen molar-refractivity contribution in [3.8, 4) is 0 Å². The van der Waals surface area contributed by atoms with Gasteiger partial charge >= 0.3 is 0 Å². The molecule has 1 N–H and O–H groups in total. The largest absolute Gasteiger partial charge is 0.353 e. The highest BCUT2D eigenvalue weighted by atomic mass is 16.1. The summed E-state index contributed by atoms with van der Waals surface area (Å²) in [5.41, 5.74) is 3.06. The van der Waals surface area contributed by atoms with Gasteiger partial charge in [0.05, 0.1) is 5.39 Å². The first-order valence-electron chi connectivity index (χ1n) is 8.89. The van der Waals surface area contributed by atoms with Crippen molar-refractivity contribution in [2.75, 3.05) is 0 Å². The zero-order valence-corrected chi connectivity index (χ0v) is 14.4. The summed E-state index contributed by atoms with van der Waals surface area (Å²) in [4.78, 5) is 24.6. The summed E-state index contributed by atoms with van der Waals surface area (Å²) in [6, 6.07) is 15.6. The Labute approximate surface area is 150 Å². The van der Waals surface area contributed by atoms with Crippen LogP contribution in [0, 0.1) is 0 Å². The number of amides is 1. The van der Waals surface area contributed by atoms with Crippen molar-refractivity contribution in [2.24, 2.45) is 0 Å². The maximum atomic E-state index is 12.4. The molecule has 2 aromatic carbocycles. The number of fused-ring (bicyclic) bond motifs is 2. The molecule has 4 rings (SSSR count). The molecule has 3 aromatic rings. The van der Waals surface area contributed by atoms with Gasteiger partial charge in [-0.25, -0.2) is 4.68 Å². The van der Waals surface area contributed by atoms with E-state index in [1.165, 1.54) is 15.8 Å². The topological polar surface area (TPSA) is 76.9 Å². The number of carbonyl (C=O) groups excluding carboxylic acids is 1. The lowest BCUT2D eigenvalue weighted by molar-refractivity contribution is -0.121. The summed E-state index contributed by atoms with van der Waals surface area (Å²) in [6.45, 7) is 0.384. The van der Waals surface area contributed by atoms with Crippen LogP contribution in [0.1, 0.15) is 24.0 Å². The molecule has 1 amide bonds. The molecular weight excluding hydrogens is 328 g/mol. The molecule has 0 fully saturated rings. The Morgan fingerprint density at radius 3 is 2.54 bits per heavy atom. The van der Waals surface area contributed by atoms with Crippen LogP contribution in [-0.4, -0.2) is 26.9 Å². The van der Waals surface area contributed by atoms with Crippen molar-refractivity contribution in [1.82, 2.24) is 20.3 Å². The monoisotopic (exact) mass is 348 g/mol. The third-order valence-corrected chi connectivity index (χ3v) is 4.82. The lowest BCUT2D eigenvalue weighted by atomic mass is 10.1. The second-order valence-corrected chi connectivity index (χ2v) is 6.68. The van der Waals surface area contributed by atoms with Crippen LogP contribution in [0.5, 0.6) is 0 Å². The van der Waals surface area contributed by atoms with Crippen LogP contribution < -0.4 is 10.9 Å². The summed E-state index contributed by atoms with van der Waals surface area (Å²) >= 11 is 0. The van der Waals surface area contributed by atoms with Gasteiger partial charge in [0.2, 0.25) is 5.91 Å². The lowest BCUT2D eigenvalue weighted by Gasteiger charge is -2.12. The number of rotatable bonds is 5. The average molecular weight is 348 g/mol. The van der Waals surface area contributed by atoms with Crippen molar-refractivity contribution in [1.29, 1.82) is 0 Å². The first kappa shape index (κ1) is 16.4.